The van der Waals surface area contributed by atoms with Crippen molar-refractivity contribution in [1.29, 1.82) is 0 Å². The number of rotatable bonds is 5. The first kappa shape index (κ1) is 16.3. The number of para-hydroxylation sites is 1. The fourth-order valence-corrected chi connectivity index (χ4v) is 3.20. The van der Waals surface area contributed by atoms with Crippen molar-refractivity contribution in [2.45, 2.75) is 18.6 Å². The van der Waals surface area contributed by atoms with E-state index in [4.69, 9.17) is 4.74 Å². The molecule has 24 heavy (non-hydrogen) atoms. The zero-order valence-corrected chi connectivity index (χ0v) is 13.8. The minimum atomic E-state index is -0.351. The van der Waals surface area contributed by atoms with E-state index in [1.807, 2.05) is 30.5 Å². The molecule has 124 valence electrons. The quantitative estimate of drug-likeness (QED) is 0.493. The third kappa shape index (κ3) is 3.83. The van der Waals surface area contributed by atoms with E-state index in [0.29, 0.717) is 11.6 Å². The van der Waals surface area contributed by atoms with Gasteiger partial charge in [-0.15, -0.1) is 5.10 Å². The molecule has 0 saturated carbocycles. The van der Waals surface area contributed by atoms with Gasteiger partial charge in [0.2, 0.25) is 5.91 Å². The van der Waals surface area contributed by atoms with Crippen molar-refractivity contribution in [2.24, 2.45) is 10.2 Å². The number of aromatic nitrogens is 1. The molecule has 1 amide bonds. The number of hydrogen-bond donors (Lipinski definition) is 2. The van der Waals surface area contributed by atoms with E-state index >= 15 is 0 Å². The third-order valence-corrected chi connectivity index (χ3v) is 4.57. The van der Waals surface area contributed by atoms with Crippen LogP contribution in [0.3, 0.4) is 0 Å². The molecular weight excluding hydrogens is 328 g/mol. The number of benzene rings is 1. The Morgan fingerprint density at radius 2 is 2.25 bits per heavy atom. The lowest BCUT2D eigenvalue weighted by Gasteiger charge is -2.04. The first-order valence-electron chi connectivity index (χ1n) is 7.41. The van der Waals surface area contributed by atoms with E-state index in [1.54, 1.807) is 6.21 Å². The predicted octanol–water partition coefficient (Wildman–Crippen LogP) is 2.04. The van der Waals surface area contributed by atoms with Crippen molar-refractivity contribution in [1.82, 2.24) is 10.3 Å². The topological polar surface area (TPSA) is 95.9 Å². The van der Waals surface area contributed by atoms with Gasteiger partial charge in [-0.3, -0.25) is 9.59 Å². The van der Waals surface area contributed by atoms with Gasteiger partial charge in [0.25, 0.3) is 0 Å². The van der Waals surface area contributed by atoms with Crippen LogP contribution in [-0.4, -0.2) is 40.1 Å². The molecule has 0 bridgehead atoms. The lowest BCUT2D eigenvalue weighted by Crippen LogP contribution is -2.25. The van der Waals surface area contributed by atoms with Gasteiger partial charge in [0.05, 0.1) is 18.1 Å². The van der Waals surface area contributed by atoms with Gasteiger partial charge in [-0.25, -0.2) is 0 Å². The molecule has 0 aliphatic carbocycles. The molecule has 1 atom stereocenters. The first-order valence-corrected chi connectivity index (χ1v) is 8.29. The predicted molar refractivity (Wildman–Crippen MR) is 94.1 cm³/mol. The van der Waals surface area contributed by atoms with Gasteiger partial charge in [-0.2, -0.15) is 5.10 Å². The zero-order valence-electron chi connectivity index (χ0n) is 13.0. The van der Waals surface area contributed by atoms with Crippen molar-refractivity contribution in [3.05, 3.63) is 36.0 Å². The summed E-state index contributed by atoms with van der Waals surface area (Å²) in [6, 6.07) is 7.90. The average Bonchev–Trinajstić information content (AvgIpc) is 3.12. The molecule has 0 radical (unpaired) electrons. The molecule has 2 N–H and O–H groups in total. The maximum atomic E-state index is 11.8. The van der Waals surface area contributed by atoms with Gasteiger partial charge in [0, 0.05) is 36.0 Å². The number of amidine groups is 1. The lowest BCUT2D eigenvalue weighted by molar-refractivity contribution is -0.141. The molecule has 2 aromatic rings. The second-order valence-electron chi connectivity index (χ2n) is 5.16. The Bertz CT molecular complexity index is 828. The van der Waals surface area contributed by atoms with Crippen LogP contribution in [0.15, 0.2) is 40.7 Å². The van der Waals surface area contributed by atoms with Crippen LogP contribution in [-0.2, 0) is 14.3 Å². The molecule has 7 nitrogen and oxygen atoms in total. The van der Waals surface area contributed by atoms with E-state index in [-0.39, 0.29) is 23.7 Å². The highest BCUT2D eigenvalue weighted by Gasteiger charge is 2.30. The van der Waals surface area contributed by atoms with Gasteiger partial charge >= 0.3 is 5.97 Å². The maximum absolute atomic E-state index is 11.8. The third-order valence-electron chi connectivity index (χ3n) is 3.43. The molecule has 1 aliphatic rings. The smallest absolute Gasteiger partial charge is 0.302 e. The normalized spacial score (nSPS) is 19.3. The molecule has 1 saturated heterocycles. The monoisotopic (exact) mass is 344 g/mol. The summed E-state index contributed by atoms with van der Waals surface area (Å²) in [6.45, 7) is 1.56. The zero-order chi connectivity index (χ0) is 16.9. The molecule has 0 unspecified atom stereocenters. The number of ether oxygens (including phenoxy) is 1. The molecular formula is C16H16N4O3S. The number of nitrogens with one attached hydrogen (secondary N) is 2. The van der Waals surface area contributed by atoms with Crippen LogP contribution in [0.4, 0.5) is 0 Å². The van der Waals surface area contributed by atoms with Crippen LogP contribution in [0.25, 0.3) is 10.9 Å². The average molecular weight is 344 g/mol. The molecule has 3 rings (SSSR count). The summed E-state index contributed by atoms with van der Waals surface area (Å²) in [7, 11) is 0. The van der Waals surface area contributed by atoms with Crippen LogP contribution in [0.5, 0.6) is 0 Å². The van der Waals surface area contributed by atoms with E-state index in [1.165, 1.54) is 18.7 Å². The fourth-order valence-electron chi connectivity index (χ4n) is 2.30. The largest absolute Gasteiger partial charge is 0.466 e. The second kappa shape index (κ2) is 7.31. The summed E-state index contributed by atoms with van der Waals surface area (Å²) in [5.74, 6) is -0.496. The summed E-state index contributed by atoms with van der Waals surface area (Å²) in [5, 5.41) is 12.0. The van der Waals surface area contributed by atoms with Crippen molar-refractivity contribution < 1.29 is 14.3 Å². The van der Waals surface area contributed by atoms with Crippen molar-refractivity contribution in [3.8, 4) is 0 Å². The second-order valence-corrected chi connectivity index (χ2v) is 6.36. The number of amides is 1. The number of carbonyl (C=O) groups excluding carboxylic acids is 2. The van der Waals surface area contributed by atoms with Gasteiger partial charge in [0.15, 0.2) is 5.17 Å². The molecule has 1 aliphatic heterocycles. The summed E-state index contributed by atoms with van der Waals surface area (Å²) in [5.41, 5.74) is 1.95. The Morgan fingerprint density at radius 3 is 3.08 bits per heavy atom. The SMILES string of the molecule is CC(=O)OCC[C@@H]1S/C(=N/N=C\c2c[nH]c3ccccc23)NC1=O. The number of carbonyl (C=O) groups is 2. The Morgan fingerprint density at radius 1 is 1.42 bits per heavy atom. The summed E-state index contributed by atoms with van der Waals surface area (Å²) >= 11 is 1.29. The van der Waals surface area contributed by atoms with E-state index in [9.17, 15) is 9.59 Å². The molecule has 1 aromatic carbocycles. The van der Waals surface area contributed by atoms with Gasteiger partial charge in [-0.1, -0.05) is 30.0 Å². The van der Waals surface area contributed by atoms with Crippen LogP contribution in [0, 0.1) is 0 Å². The number of aromatic amines is 1. The number of fused-ring (bicyclic) bond motifs is 1. The summed E-state index contributed by atoms with van der Waals surface area (Å²) in [4.78, 5) is 25.7. The highest BCUT2D eigenvalue weighted by atomic mass is 32.2. The maximum Gasteiger partial charge on any atom is 0.302 e. The van der Waals surface area contributed by atoms with Gasteiger partial charge in [-0.05, 0) is 6.07 Å². The molecule has 2 heterocycles. The van der Waals surface area contributed by atoms with Gasteiger partial charge in [0.1, 0.15) is 0 Å². The van der Waals surface area contributed by atoms with Crippen molar-refractivity contribution in [3.63, 3.8) is 0 Å². The number of esters is 1. The fraction of sp³-hybridized carbons (Fsp3) is 0.250. The number of thioether (sulfide) groups is 1. The Kier molecular flexibility index (Phi) is 4.95. The number of nitrogens with zero attached hydrogens (tertiary/aromatic N) is 2. The highest BCUT2D eigenvalue weighted by molar-refractivity contribution is 8.15. The summed E-state index contributed by atoms with van der Waals surface area (Å²) < 4.78 is 4.85. The van der Waals surface area contributed by atoms with Crippen LogP contribution >= 0.6 is 11.8 Å². The van der Waals surface area contributed by atoms with Crippen LogP contribution in [0.1, 0.15) is 18.9 Å². The van der Waals surface area contributed by atoms with Crippen molar-refractivity contribution in [2.75, 3.05) is 6.61 Å². The Balaban J connectivity index is 1.61. The highest BCUT2D eigenvalue weighted by Crippen LogP contribution is 2.22. The van der Waals surface area contributed by atoms with Crippen LogP contribution < -0.4 is 5.32 Å². The lowest BCUT2D eigenvalue weighted by atomic mass is 10.2. The number of hydrogen-bond acceptors (Lipinski definition) is 6. The molecule has 1 fully saturated rings. The van der Waals surface area contributed by atoms with Crippen molar-refractivity contribution >= 4 is 45.9 Å². The minimum absolute atomic E-state index is 0.145. The van der Waals surface area contributed by atoms with Gasteiger partial charge < -0.3 is 15.0 Å². The van der Waals surface area contributed by atoms with E-state index < -0.39 is 0 Å². The molecule has 8 heteroatoms. The standard InChI is InChI=1S/C16H16N4O3S/c1-10(21)23-7-6-14-15(22)19-16(24-14)20-18-9-11-8-17-13-5-3-2-4-12(11)13/h2-5,8-9,14,17H,6-7H2,1H3,(H,19,20,22)/b18-9-/t14-/m0/s1. The Hall–Kier alpha value is -2.61. The molecule has 0 spiro atoms. The molecule has 1 aromatic heterocycles. The first-order chi connectivity index (χ1) is 11.6. The van der Waals surface area contributed by atoms with E-state index in [0.717, 1.165) is 16.5 Å². The number of H-pyrrole nitrogens is 1. The van der Waals surface area contributed by atoms with E-state index in [2.05, 4.69) is 20.5 Å². The van der Waals surface area contributed by atoms with Crippen LogP contribution in [0.2, 0.25) is 0 Å². The Labute approximate surface area is 142 Å². The minimum Gasteiger partial charge on any atom is -0.466 e. The summed E-state index contributed by atoms with van der Waals surface area (Å²) in [6.07, 6.45) is 3.95.